The summed E-state index contributed by atoms with van der Waals surface area (Å²) in [5.41, 5.74) is 0.658. The van der Waals surface area contributed by atoms with Gasteiger partial charge in [-0.25, -0.2) is 0 Å². The largest absolute Gasteiger partial charge is 0.379 e. The number of amides is 1. The minimum atomic E-state index is -0.0744. The van der Waals surface area contributed by atoms with E-state index in [0.29, 0.717) is 29.6 Å². The second-order valence-corrected chi connectivity index (χ2v) is 8.91. The molecule has 4 rings (SSSR count). The number of hydrogen-bond acceptors (Lipinski definition) is 8. The van der Waals surface area contributed by atoms with E-state index in [1.165, 1.54) is 16.6 Å². The molecule has 0 radical (unpaired) electrons. The average Bonchev–Trinajstić information content (AvgIpc) is 3.45. The van der Waals surface area contributed by atoms with E-state index in [-0.39, 0.29) is 11.9 Å². The van der Waals surface area contributed by atoms with Crippen LogP contribution in [0.15, 0.2) is 51.2 Å². The number of thiophene rings is 1. The Morgan fingerprint density at radius 2 is 2.10 bits per heavy atom. The van der Waals surface area contributed by atoms with Crippen molar-refractivity contribution in [2.45, 2.75) is 23.6 Å². The fraction of sp³-hybridized carbons (Fsp3) is 0.381. The van der Waals surface area contributed by atoms with Crippen molar-refractivity contribution in [3.63, 3.8) is 0 Å². The molecule has 0 aliphatic carbocycles. The lowest BCUT2D eigenvalue weighted by molar-refractivity contribution is 0.0169. The summed E-state index contributed by atoms with van der Waals surface area (Å²) in [5, 5.41) is 9.04. The first kappa shape index (κ1) is 21.0. The third-order valence-electron chi connectivity index (χ3n) is 4.87. The van der Waals surface area contributed by atoms with Crippen molar-refractivity contribution in [1.29, 1.82) is 0 Å². The SMILES string of the molecule is Cc1noc(CSc2ccccc2C(=O)NCC(c2cccs2)N2CCOCC2)n1. The molecule has 3 aromatic rings. The van der Waals surface area contributed by atoms with Crippen molar-refractivity contribution in [3.05, 3.63) is 63.9 Å². The zero-order chi connectivity index (χ0) is 20.8. The van der Waals surface area contributed by atoms with Gasteiger partial charge in [0.1, 0.15) is 0 Å². The molecule has 0 bridgehead atoms. The Morgan fingerprint density at radius 1 is 1.27 bits per heavy atom. The highest BCUT2D eigenvalue weighted by Crippen LogP contribution is 2.27. The molecule has 158 valence electrons. The Morgan fingerprint density at radius 3 is 2.83 bits per heavy atom. The summed E-state index contributed by atoms with van der Waals surface area (Å²) in [7, 11) is 0. The highest BCUT2D eigenvalue weighted by molar-refractivity contribution is 7.98. The molecule has 3 heterocycles. The summed E-state index contributed by atoms with van der Waals surface area (Å²) in [6.07, 6.45) is 0. The number of aryl methyl sites for hydroxylation is 1. The Bertz CT molecular complexity index is 955. The van der Waals surface area contributed by atoms with Crippen LogP contribution in [0.2, 0.25) is 0 Å². The molecule has 1 saturated heterocycles. The smallest absolute Gasteiger partial charge is 0.252 e. The number of benzene rings is 1. The molecule has 1 aliphatic rings. The van der Waals surface area contributed by atoms with Crippen LogP contribution in [0.25, 0.3) is 0 Å². The standard InChI is InChI=1S/C21H24N4O3S2/c1-15-23-20(28-24-15)14-30-18-6-3-2-5-16(18)21(26)22-13-17(19-7-4-12-29-19)25-8-10-27-11-9-25/h2-7,12,17H,8-11,13-14H2,1H3,(H,22,26). The van der Waals surface area contributed by atoms with Crippen molar-refractivity contribution in [2.24, 2.45) is 0 Å². The molecule has 1 aromatic carbocycles. The molecule has 30 heavy (non-hydrogen) atoms. The Kier molecular flexibility index (Phi) is 7.16. The molecule has 1 unspecified atom stereocenters. The van der Waals surface area contributed by atoms with Crippen LogP contribution in [-0.2, 0) is 10.5 Å². The van der Waals surface area contributed by atoms with E-state index < -0.39 is 0 Å². The van der Waals surface area contributed by atoms with Crippen LogP contribution in [0.1, 0.15) is 33.0 Å². The highest BCUT2D eigenvalue weighted by Gasteiger charge is 2.24. The van der Waals surface area contributed by atoms with Gasteiger partial charge in [0.2, 0.25) is 5.89 Å². The molecule has 1 N–H and O–H groups in total. The van der Waals surface area contributed by atoms with Crippen molar-refractivity contribution < 1.29 is 14.1 Å². The van der Waals surface area contributed by atoms with Crippen molar-refractivity contribution in [3.8, 4) is 0 Å². The van der Waals surface area contributed by atoms with E-state index in [0.717, 1.165) is 31.2 Å². The Hall–Kier alpha value is -2.20. The minimum absolute atomic E-state index is 0.0744. The van der Waals surface area contributed by atoms with Crippen molar-refractivity contribution in [2.75, 3.05) is 32.8 Å². The van der Waals surface area contributed by atoms with Crippen LogP contribution < -0.4 is 5.32 Å². The molecule has 1 amide bonds. The number of hydrogen-bond donors (Lipinski definition) is 1. The number of thioether (sulfide) groups is 1. The topological polar surface area (TPSA) is 80.5 Å². The predicted molar refractivity (Wildman–Crippen MR) is 117 cm³/mol. The average molecular weight is 445 g/mol. The molecule has 0 spiro atoms. The lowest BCUT2D eigenvalue weighted by Crippen LogP contribution is -2.43. The normalized spacial score (nSPS) is 15.8. The fourth-order valence-corrected chi connectivity index (χ4v) is 5.13. The zero-order valence-corrected chi connectivity index (χ0v) is 18.4. The molecule has 9 heteroatoms. The molecule has 1 aliphatic heterocycles. The van der Waals surface area contributed by atoms with Gasteiger partial charge in [-0.05, 0) is 30.5 Å². The first-order valence-electron chi connectivity index (χ1n) is 9.85. The minimum Gasteiger partial charge on any atom is -0.379 e. The molecule has 0 saturated carbocycles. The summed E-state index contributed by atoms with van der Waals surface area (Å²) < 4.78 is 10.7. The molecule has 7 nitrogen and oxygen atoms in total. The maximum atomic E-state index is 13.0. The maximum Gasteiger partial charge on any atom is 0.252 e. The first-order valence-corrected chi connectivity index (χ1v) is 11.7. The van der Waals surface area contributed by atoms with Crippen LogP contribution in [0, 0.1) is 6.92 Å². The van der Waals surface area contributed by atoms with Gasteiger partial charge in [-0.3, -0.25) is 9.69 Å². The third kappa shape index (κ3) is 5.28. The summed E-state index contributed by atoms with van der Waals surface area (Å²) in [5.74, 6) is 1.61. The van der Waals surface area contributed by atoms with Gasteiger partial charge in [0.25, 0.3) is 5.91 Å². The number of morpholine rings is 1. The van der Waals surface area contributed by atoms with Crippen LogP contribution >= 0.6 is 23.1 Å². The van der Waals surface area contributed by atoms with Gasteiger partial charge in [-0.2, -0.15) is 4.98 Å². The maximum absolute atomic E-state index is 13.0. The van der Waals surface area contributed by atoms with Crippen molar-refractivity contribution >= 4 is 29.0 Å². The third-order valence-corrected chi connectivity index (χ3v) is 6.90. The van der Waals surface area contributed by atoms with Gasteiger partial charge >= 0.3 is 0 Å². The number of carbonyl (C=O) groups is 1. The molecular weight excluding hydrogens is 420 g/mol. The van der Waals surface area contributed by atoms with Crippen LogP contribution in [0.4, 0.5) is 0 Å². The van der Waals surface area contributed by atoms with Gasteiger partial charge in [0.05, 0.1) is 30.6 Å². The van der Waals surface area contributed by atoms with Crippen LogP contribution in [0.3, 0.4) is 0 Å². The van der Waals surface area contributed by atoms with Gasteiger partial charge in [-0.15, -0.1) is 23.1 Å². The molecule has 1 fully saturated rings. The van der Waals surface area contributed by atoms with Gasteiger partial charge in [0, 0.05) is 29.4 Å². The molecular formula is C21H24N4O3S2. The molecule has 1 atom stereocenters. The molecule has 2 aromatic heterocycles. The monoisotopic (exact) mass is 444 g/mol. The fourth-order valence-electron chi connectivity index (χ4n) is 3.38. The number of aromatic nitrogens is 2. The lowest BCUT2D eigenvalue weighted by atomic mass is 10.1. The number of carbonyl (C=O) groups excluding carboxylic acids is 1. The summed E-state index contributed by atoms with van der Waals surface area (Å²) in [4.78, 5) is 21.8. The summed E-state index contributed by atoms with van der Waals surface area (Å²) >= 11 is 3.24. The zero-order valence-electron chi connectivity index (χ0n) is 16.7. The van der Waals surface area contributed by atoms with Gasteiger partial charge in [-0.1, -0.05) is 23.4 Å². The summed E-state index contributed by atoms with van der Waals surface area (Å²) in [6, 6.07) is 12.0. The van der Waals surface area contributed by atoms with E-state index in [9.17, 15) is 4.79 Å². The van der Waals surface area contributed by atoms with Crippen LogP contribution in [0.5, 0.6) is 0 Å². The number of nitrogens with zero attached hydrogens (tertiary/aromatic N) is 3. The van der Waals surface area contributed by atoms with E-state index in [2.05, 4.69) is 37.9 Å². The Balaban J connectivity index is 1.42. The predicted octanol–water partition coefficient (Wildman–Crippen LogP) is 3.54. The second kappa shape index (κ2) is 10.2. The quantitative estimate of drug-likeness (QED) is 0.532. The van der Waals surface area contributed by atoms with Crippen molar-refractivity contribution in [1.82, 2.24) is 20.4 Å². The Labute approximate surface area is 183 Å². The second-order valence-electron chi connectivity index (χ2n) is 6.91. The van der Waals surface area contributed by atoms with Gasteiger partial charge in [0.15, 0.2) is 5.82 Å². The van der Waals surface area contributed by atoms with Crippen LogP contribution in [-0.4, -0.2) is 53.8 Å². The van der Waals surface area contributed by atoms with E-state index in [4.69, 9.17) is 9.26 Å². The number of ether oxygens (including phenoxy) is 1. The number of rotatable bonds is 8. The number of nitrogens with one attached hydrogen (secondary N) is 1. The van der Waals surface area contributed by atoms with E-state index >= 15 is 0 Å². The highest BCUT2D eigenvalue weighted by atomic mass is 32.2. The lowest BCUT2D eigenvalue weighted by Gasteiger charge is -2.34. The summed E-state index contributed by atoms with van der Waals surface area (Å²) in [6.45, 7) is 5.54. The van der Waals surface area contributed by atoms with E-state index in [1.54, 1.807) is 18.3 Å². The van der Waals surface area contributed by atoms with Gasteiger partial charge < -0.3 is 14.6 Å². The van der Waals surface area contributed by atoms with E-state index in [1.807, 2.05) is 24.3 Å². The first-order chi connectivity index (χ1) is 14.7.